The molecule has 1 aromatic rings. The summed E-state index contributed by atoms with van der Waals surface area (Å²) in [7, 11) is 1.66. The Morgan fingerprint density at radius 3 is 2.77 bits per heavy atom. The number of aryl methyl sites for hydroxylation is 1. The molecule has 0 unspecified atom stereocenters. The Kier molecular flexibility index (Phi) is 2.72. The van der Waals surface area contributed by atoms with Gasteiger partial charge in [-0.1, -0.05) is 11.6 Å². The first-order chi connectivity index (χ1) is 6.06. The van der Waals surface area contributed by atoms with Gasteiger partial charge in [-0.2, -0.15) is 0 Å². The van der Waals surface area contributed by atoms with Gasteiger partial charge in [0.15, 0.2) is 0 Å². The second-order valence-corrected chi connectivity index (χ2v) is 3.01. The molecule has 1 heterocycles. The number of rotatable bonds is 2. The summed E-state index contributed by atoms with van der Waals surface area (Å²) in [5.41, 5.74) is 1.01. The average molecular weight is 200 g/mol. The average Bonchev–Trinajstić information content (AvgIpc) is 2.01. The largest absolute Gasteiger partial charge is 0.374 e. The second kappa shape index (κ2) is 3.62. The molecule has 0 saturated carbocycles. The van der Waals surface area contributed by atoms with Crippen molar-refractivity contribution in [1.82, 2.24) is 4.98 Å². The van der Waals surface area contributed by atoms with E-state index < -0.39 is 0 Å². The maximum Gasteiger partial charge on any atom is 0.249 e. The highest BCUT2D eigenvalue weighted by molar-refractivity contribution is 6.69. The van der Waals surface area contributed by atoms with Crippen LogP contribution in [0.5, 0.6) is 0 Å². The SMILES string of the molecule is CNc1[nH]c(=O)cc(C)c1C(=N)Cl. The Bertz CT molecular complexity index is 397. The molecule has 0 spiro atoms. The number of aromatic amines is 1. The van der Waals surface area contributed by atoms with Crippen molar-refractivity contribution < 1.29 is 0 Å². The van der Waals surface area contributed by atoms with Gasteiger partial charge in [0.2, 0.25) is 5.56 Å². The lowest BCUT2D eigenvalue weighted by Gasteiger charge is -2.08. The van der Waals surface area contributed by atoms with E-state index in [0.29, 0.717) is 16.9 Å². The van der Waals surface area contributed by atoms with Crippen molar-refractivity contribution in [3.63, 3.8) is 0 Å². The van der Waals surface area contributed by atoms with E-state index in [1.807, 2.05) is 0 Å². The molecule has 5 heteroatoms. The highest BCUT2D eigenvalue weighted by Crippen LogP contribution is 2.16. The number of anilines is 1. The normalized spacial score (nSPS) is 9.77. The van der Waals surface area contributed by atoms with Crippen LogP contribution in [0.4, 0.5) is 5.82 Å². The molecule has 3 N–H and O–H groups in total. The highest BCUT2D eigenvalue weighted by atomic mass is 35.5. The maximum atomic E-state index is 11.0. The number of aromatic nitrogens is 1. The Morgan fingerprint density at radius 1 is 1.69 bits per heavy atom. The van der Waals surface area contributed by atoms with Crippen LogP contribution in [-0.2, 0) is 0 Å². The topological polar surface area (TPSA) is 68.7 Å². The Balaban J connectivity index is 3.47. The molecule has 0 aliphatic rings. The Labute approximate surface area is 80.4 Å². The maximum absolute atomic E-state index is 11.0. The van der Waals surface area contributed by atoms with Gasteiger partial charge in [0.1, 0.15) is 11.0 Å². The van der Waals surface area contributed by atoms with Crippen molar-refractivity contribution in [2.75, 3.05) is 12.4 Å². The summed E-state index contributed by atoms with van der Waals surface area (Å²) in [6, 6.07) is 1.41. The summed E-state index contributed by atoms with van der Waals surface area (Å²) < 4.78 is 0. The lowest BCUT2D eigenvalue weighted by molar-refractivity contribution is 1.18. The van der Waals surface area contributed by atoms with Gasteiger partial charge in [0, 0.05) is 13.1 Å². The quantitative estimate of drug-likeness (QED) is 0.629. The standard InChI is InChI=1S/C8H10ClN3O/c1-4-3-5(13)12-8(11-2)6(4)7(9)10/h3,10H,1-2H3,(H2,11,12,13). The molecule has 0 aromatic carbocycles. The van der Waals surface area contributed by atoms with E-state index >= 15 is 0 Å². The van der Waals surface area contributed by atoms with Crippen LogP contribution in [0.15, 0.2) is 10.9 Å². The van der Waals surface area contributed by atoms with Gasteiger partial charge in [0.05, 0.1) is 5.56 Å². The summed E-state index contributed by atoms with van der Waals surface area (Å²) in [6.45, 7) is 1.74. The van der Waals surface area contributed by atoms with Crippen molar-refractivity contribution in [1.29, 1.82) is 5.41 Å². The number of nitrogens with one attached hydrogen (secondary N) is 3. The summed E-state index contributed by atoms with van der Waals surface area (Å²) in [4.78, 5) is 13.6. The minimum atomic E-state index is -0.205. The second-order valence-electron chi connectivity index (χ2n) is 2.63. The van der Waals surface area contributed by atoms with Crippen LogP contribution in [0.25, 0.3) is 0 Å². The number of pyridine rings is 1. The number of hydrogen-bond acceptors (Lipinski definition) is 3. The Morgan fingerprint density at radius 2 is 2.31 bits per heavy atom. The van der Waals surface area contributed by atoms with Gasteiger partial charge in [-0.25, -0.2) is 0 Å². The van der Waals surface area contributed by atoms with E-state index in [-0.39, 0.29) is 10.7 Å². The zero-order valence-corrected chi connectivity index (χ0v) is 8.12. The van der Waals surface area contributed by atoms with Crippen LogP contribution >= 0.6 is 11.6 Å². The van der Waals surface area contributed by atoms with E-state index in [0.717, 1.165) is 0 Å². The van der Waals surface area contributed by atoms with E-state index in [1.54, 1.807) is 14.0 Å². The third kappa shape index (κ3) is 1.89. The first-order valence-electron chi connectivity index (χ1n) is 3.72. The molecule has 0 amide bonds. The van der Waals surface area contributed by atoms with Gasteiger partial charge in [0.25, 0.3) is 0 Å². The molecule has 0 saturated heterocycles. The molecule has 70 valence electrons. The lowest BCUT2D eigenvalue weighted by atomic mass is 10.1. The smallest absolute Gasteiger partial charge is 0.249 e. The molecule has 1 aromatic heterocycles. The van der Waals surface area contributed by atoms with Gasteiger partial charge < -0.3 is 10.3 Å². The minimum Gasteiger partial charge on any atom is -0.374 e. The summed E-state index contributed by atoms with van der Waals surface area (Å²) in [6.07, 6.45) is 0. The monoisotopic (exact) mass is 199 g/mol. The molecule has 0 aliphatic carbocycles. The number of hydrogen-bond donors (Lipinski definition) is 3. The summed E-state index contributed by atoms with van der Waals surface area (Å²) in [5, 5.41) is 9.99. The van der Waals surface area contributed by atoms with Crippen molar-refractivity contribution in [3.8, 4) is 0 Å². The minimum absolute atomic E-state index is 0.0851. The van der Waals surface area contributed by atoms with Crippen LogP contribution in [0.2, 0.25) is 0 Å². The molecule has 0 fully saturated rings. The summed E-state index contributed by atoms with van der Waals surface area (Å²) in [5.74, 6) is 0.477. The predicted molar refractivity (Wildman–Crippen MR) is 54.0 cm³/mol. The van der Waals surface area contributed by atoms with Crippen LogP contribution < -0.4 is 10.9 Å². The zero-order valence-electron chi connectivity index (χ0n) is 7.36. The molecule has 13 heavy (non-hydrogen) atoms. The zero-order chi connectivity index (χ0) is 10.0. The molecular weight excluding hydrogens is 190 g/mol. The van der Waals surface area contributed by atoms with E-state index in [9.17, 15) is 4.79 Å². The van der Waals surface area contributed by atoms with Crippen LogP contribution in [0.3, 0.4) is 0 Å². The fraction of sp³-hybridized carbons (Fsp3) is 0.250. The fourth-order valence-electron chi connectivity index (χ4n) is 1.16. The third-order valence-electron chi connectivity index (χ3n) is 1.71. The predicted octanol–water partition coefficient (Wildman–Crippen LogP) is 1.29. The van der Waals surface area contributed by atoms with E-state index in [2.05, 4.69) is 10.3 Å². The van der Waals surface area contributed by atoms with Crippen molar-refractivity contribution >= 4 is 22.6 Å². The van der Waals surface area contributed by atoms with E-state index in [1.165, 1.54) is 6.07 Å². The van der Waals surface area contributed by atoms with Crippen molar-refractivity contribution in [3.05, 3.63) is 27.5 Å². The van der Waals surface area contributed by atoms with Gasteiger partial charge in [-0.3, -0.25) is 10.2 Å². The summed E-state index contributed by atoms with van der Waals surface area (Å²) >= 11 is 5.57. The number of H-pyrrole nitrogens is 1. The number of halogens is 1. The van der Waals surface area contributed by atoms with Crippen molar-refractivity contribution in [2.45, 2.75) is 6.92 Å². The highest BCUT2D eigenvalue weighted by Gasteiger charge is 2.09. The molecule has 0 bridgehead atoms. The molecule has 0 atom stereocenters. The third-order valence-corrected chi connectivity index (χ3v) is 1.90. The molecule has 0 radical (unpaired) electrons. The molecule has 0 aliphatic heterocycles. The lowest BCUT2D eigenvalue weighted by Crippen LogP contribution is -2.13. The Hall–Kier alpha value is -1.29. The molecular formula is C8H10ClN3O. The van der Waals surface area contributed by atoms with Crippen LogP contribution in [0.1, 0.15) is 11.1 Å². The van der Waals surface area contributed by atoms with Crippen LogP contribution in [-0.4, -0.2) is 17.2 Å². The first kappa shape index (κ1) is 9.80. The first-order valence-corrected chi connectivity index (χ1v) is 4.10. The molecule has 4 nitrogen and oxygen atoms in total. The fourth-order valence-corrected chi connectivity index (χ4v) is 1.40. The van der Waals surface area contributed by atoms with Gasteiger partial charge in [-0.05, 0) is 12.5 Å². The van der Waals surface area contributed by atoms with Crippen molar-refractivity contribution in [2.24, 2.45) is 0 Å². The van der Waals surface area contributed by atoms with Gasteiger partial charge in [-0.15, -0.1) is 0 Å². The molecule has 1 rings (SSSR count). The van der Waals surface area contributed by atoms with Crippen LogP contribution in [0, 0.1) is 12.3 Å². The van der Waals surface area contributed by atoms with E-state index in [4.69, 9.17) is 17.0 Å². The van der Waals surface area contributed by atoms with Gasteiger partial charge >= 0.3 is 0 Å².